The number of epoxide rings is 1. The summed E-state index contributed by atoms with van der Waals surface area (Å²) in [7, 11) is 0. The molecule has 1 heterocycles. The lowest BCUT2D eigenvalue weighted by molar-refractivity contribution is -0.116. The molecule has 3 saturated carbocycles. The number of halogens is 2. The summed E-state index contributed by atoms with van der Waals surface area (Å²) in [5.41, 5.74) is -0.0599. The van der Waals surface area contributed by atoms with E-state index in [-0.39, 0.29) is 22.8 Å². The van der Waals surface area contributed by atoms with Gasteiger partial charge in [0.1, 0.15) is 6.10 Å². The fourth-order valence-corrected chi connectivity index (χ4v) is 9.77. The van der Waals surface area contributed by atoms with Crippen LogP contribution in [0.2, 0.25) is 0 Å². The van der Waals surface area contributed by atoms with Gasteiger partial charge in [0.2, 0.25) is 5.24 Å². The van der Waals surface area contributed by atoms with Gasteiger partial charge in [-0.15, -0.1) is 0 Å². The third-order valence-electron chi connectivity index (χ3n) is 11.8. The molecule has 2 nitrogen and oxygen atoms in total. The van der Waals surface area contributed by atoms with Crippen LogP contribution in [0.5, 0.6) is 0 Å². The summed E-state index contributed by atoms with van der Waals surface area (Å²) in [6.45, 7) is 0. The van der Waals surface area contributed by atoms with Gasteiger partial charge in [-0.3, -0.25) is 4.79 Å². The van der Waals surface area contributed by atoms with E-state index in [1.807, 2.05) is 0 Å². The Morgan fingerprint density at radius 2 is 1.02 bits per heavy atom. The van der Waals surface area contributed by atoms with Crippen LogP contribution >= 0.6 is 23.2 Å². The molecule has 0 aromatic carbocycles. The van der Waals surface area contributed by atoms with Gasteiger partial charge >= 0.3 is 0 Å². The van der Waals surface area contributed by atoms with E-state index in [0.717, 1.165) is 37.0 Å². The van der Waals surface area contributed by atoms with Crippen molar-refractivity contribution < 1.29 is 9.53 Å². The maximum Gasteiger partial charge on any atom is 0.224 e. The Kier molecular flexibility index (Phi) is 16.3. The quantitative estimate of drug-likeness (QED) is 0.176. The van der Waals surface area contributed by atoms with Gasteiger partial charge in [-0.25, -0.2) is 0 Å². The van der Waals surface area contributed by atoms with Crippen LogP contribution in [0.25, 0.3) is 0 Å². The monoisotopic (exact) mass is 610 g/mol. The van der Waals surface area contributed by atoms with Gasteiger partial charge in [-0.1, -0.05) is 166 Å². The van der Waals surface area contributed by atoms with Crippen molar-refractivity contribution in [2.75, 3.05) is 0 Å². The molecule has 0 aromatic heterocycles. The Bertz CT molecular complexity index is 691. The van der Waals surface area contributed by atoms with Gasteiger partial charge in [-0.05, 0) is 66.9 Å². The van der Waals surface area contributed by atoms with E-state index in [1.54, 1.807) is 0 Å². The molecule has 0 aromatic rings. The van der Waals surface area contributed by atoms with Crippen LogP contribution in [0.4, 0.5) is 0 Å². The van der Waals surface area contributed by atoms with E-state index >= 15 is 0 Å². The van der Waals surface area contributed by atoms with Gasteiger partial charge in [-0.2, -0.15) is 0 Å². The summed E-state index contributed by atoms with van der Waals surface area (Å²) in [5, 5.41) is -0.0601. The van der Waals surface area contributed by atoms with Crippen molar-refractivity contribution >= 4 is 28.4 Å². The normalized spacial score (nSPS) is 35.8. The molecule has 4 fully saturated rings. The largest absolute Gasteiger partial charge is 0.352 e. The van der Waals surface area contributed by atoms with Crippen LogP contribution in [0, 0.1) is 35.5 Å². The maximum atomic E-state index is 12.7. The van der Waals surface area contributed by atoms with Crippen molar-refractivity contribution in [2.45, 2.75) is 191 Å². The van der Waals surface area contributed by atoms with E-state index in [9.17, 15) is 4.79 Å². The predicted molar refractivity (Wildman–Crippen MR) is 176 cm³/mol. The molecule has 1 saturated heterocycles. The minimum atomic E-state index is -0.0601. The molecule has 0 N–H and O–H groups in total. The molecule has 41 heavy (non-hydrogen) atoms. The highest BCUT2D eigenvalue weighted by molar-refractivity contribution is 6.63. The van der Waals surface area contributed by atoms with Crippen molar-refractivity contribution in [3.63, 3.8) is 0 Å². The number of carbonyl (C=O) groups excluding carboxylic acids is 1. The van der Waals surface area contributed by atoms with E-state index in [1.165, 1.54) is 161 Å². The second-order valence-electron chi connectivity index (χ2n) is 14.9. The van der Waals surface area contributed by atoms with Crippen LogP contribution in [0.1, 0.15) is 180 Å². The molecule has 0 bridgehead atoms. The molecule has 0 spiro atoms. The molecule has 3 aliphatic carbocycles. The summed E-state index contributed by atoms with van der Waals surface area (Å²) in [4.78, 5) is 12.7. The first-order valence-electron chi connectivity index (χ1n) is 18.6. The lowest BCUT2D eigenvalue weighted by atomic mass is 9.72. The second kappa shape index (κ2) is 19.6. The summed E-state index contributed by atoms with van der Waals surface area (Å²) in [6, 6.07) is 0. The maximum absolute atomic E-state index is 12.7. The third kappa shape index (κ3) is 12.6. The summed E-state index contributed by atoms with van der Waals surface area (Å²) >= 11 is 12.9. The highest BCUT2D eigenvalue weighted by Crippen LogP contribution is 2.46. The summed E-state index contributed by atoms with van der Waals surface area (Å²) < 4.78 is 6.05. The Morgan fingerprint density at radius 3 is 1.56 bits per heavy atom. The molecule has 1 aliphatic heterocycles. The molecule has 0 radical (unpaired) electrons. The standard InChI is InChI=1S/C37H64Cl2O2/c38-36(40)33-24-17-16-23-32(27-29-19-12-8-4-1-2-5-9-13-20-29)34(35-37(39)41-35)26-18-25-31(28-33)30-21-14-10-6-3-7-11-15-22-30/h29-35,37H,1-28H2. The van der Waals surface area contributed by atoms with Gasteiger partial charge < -0.3 is 4.74 Å². The predicted octanol–water partition coefficient (Wildman–Crippen LogP) is 12.4. The number of hydrogen-bond acceptors (Lipinski definition) is 2. The first-order chi connectivity index (χ1) is 20.1. The third-order valence-corrected chi connectivity index (χ3v) is 12.5. The molecule has 4 aliphatic rings. The van der Waals surface area contributed by atoms with E-state index in [0.29, 0.717) is 11.8 Å². The fraction of sp³-hybridized carbons (Fsp3) is 0.973. The highest BCUT2D eigenvalue weighted by atomic mass is 35.5. The molecule has 0 amide bonds. The zero-order chi connectivity index (χ0) is 28.7. The number of alkyl halides is 1. The number of hydrogen-bond donors (Lipinski definition) is 0. The summed E-state index contributed by atoms with van der Waals surface area (Å²) in [5.74, 6) is 3.69. The van der Waals surface area contributed by atoms with Gasteiger partial charge in [0.25, 0.3) is 0 Å². The van der Waals surface area contributed by atoms with Crippen LogP contribution in [-0.2, 0) is 9.53 Å². The van der Waals surface area contributed by atoms with Crippen LogP contribution in [0.3, 0.4) is 0 Å². The Morgan fingerprint density at radius 1 is 0.561 bits per heavy atom. The molecule has 6 unspecified atom stereocenters. The highest BCUT2D eigenvalue weighted by Gasteiger charge is 2.46. The van der Waals surface area contributed by atoms with E-state index in [2.05, 4.69) is 0 Å². The molecular weight excluding hydrogens is 547 g/mol. The topological polar surface area (TPSA) is 29.6 Å². The van der Waals surface area contributed by atoms with E-state index < -0.39 is 0 Å². The first-order valence-corrected chi connectivity index (χ1v) is 19.4. The number of ether oxygens (including phenoxy) is 1. The van der Waals surface area contributed by atoms with Crippen molar-refractivity contribution in [3.05, 3.63) is 0 Å². The van der Waals surface area contributed by atoms with Crippen molar-refractivity contribution in [2.24, 2.45) is 35.5 Å². The second-order valence-corrected chi connectivity index (χ2v) is 15.7. The fourth-order valence-electron chi connectivity index (χ4n) is 9.27. The van der Waals surface area contributed by atoms with Gasteiger partial charge in [0.05, 0.1) is 0 Å². The van der Waals surface area contributed by atoms with Crippen LogP contribution in [-0.4, -0.2) is 16.9 Å². The average molecular weight is 612 g/mol. The van der Waals surface area contributed by atoms with E-state index in [4.69, 9.17) is 27.9 Å². The number of rotatable bonds is 5. The lowest BCUT2D eigenvalue weighted by Crippen LogP contribution is -2.26. The molecule has 4 heteroatoms. The lowest BCUT2D eigenvalue weighted by Gasteiger charge is -2.34. The van der Waals surface area contributed by atoms with Crippen molar-refractivity contribution in [3.8, 4) is 0 Å². The van der Waals surface area contributed by atoms with Gasteiger partial charge in [0, 0.05) is 5.92 Å². The minimum Gasteiger partial charge on any atom is -0.352 e. The smallest absolute Gasteiger partial charge is 0.224 e. The zero-order valence-corrected chi connectivity index (χ0v) is 28.0. The molecule has 6 atom stereocenters. The van der Waals surface area contributed by atoms with Gasteiger partial charge in [0.15, 0.2) is 5.56 Å². The summed E-state index contributed by atoms with van der Waals surface area (Å²) in [6.07, 6.45) is 37.9. The SMILES string of the molecule is O=C(Cl)C1CCCCC(CC2CCCCCCCCCC2)C(C2OC2Cl)CCCC(C2CCCCCCCCC2)C1. The Hall–Kier alpha value is 0.210. The Balaban J connectivity index is 1.45. The van der Waals surface area contributed by atoms with Crippen molar-refractivity contribution in [1.82, 2.24) is 0 Å². The van der Waals surface area contributed by atoms with Crippen molar-refractivity contribution in [1.29, 1.82) is 0 Å². The average Bonchev–Trinajstić information content (AvgIpc) is 3.69. The first kappa shape index (κ1) is 34.1. The molecule has 4 rings (SSSR count). The number of carbonyl (C=O) groups is 1. The molecule has 238 valence electrons. The molecular formula is C37H64Cl2O2. The minimum absolute atomic E-state index is 0.0599. The van der Waals surface area contributed by atoms with Crippen LogP contribution in [0.15, 0.2) is 0 Å². The van der Waals surface area contributed by atoms with Crippen LogP contribution < -0.4 is 0 Å². The zero-order valence-electron chi connectivity index (χ0n) is 26.5. The Labute approximate surface area is 264 Å².